The number of hydrogen-bond donors (Lipinski definition) is 2. The van der Waals surface area contributed by atoms with Gasteiger partial charge in [0, 0.05) is 5.69 Å². The molecule has 0 saturated carbocycles. The number of urea groups is 1. The van der Waals surface area contributed by atoms with Crippen molar-refractivity contribution in [2.75, 3.05) is 11.9 Å². The summed E-state index contributed by atoms with van der Waals surface area (Å²) in [5.41, 5.74) is 1.46. The van der Waals surface area contributed by atoms with Crippen LogP contribution in [0.25, 0.3) is 0 Å². The average Bonchev–Trinajstić information content (AvgIpc) is 3.49. The first-order valence-electron chi connectivity index (χ1n) is 15.6. The Hall–Kier alpha value is -5.44. The zero-order valence-electron chi connectivity index (χ0n) is 26.8. The molecule has 1 aliphatic rings. The van der Waals surface area contributed by atoms with Gasteiger partial charge >= 0.3 is 18.0 Å². The van der Waals surface area contributed by atoms with Gasteiger partial charge in [-0.3, -0.25) is 4.79 Å². The van der Waals surface area contributed by atoms with Crippen molar-refractivity contribution in [2.45, 2.75) is 57.4 Å². The molecule has 47 heavy (non-hydrogen) atoms. The van der Waals surface area contributed by atoms with E-state index in [-0.39, 0.29) is 18.7 Å². The monoisotopic (exact) mass is 633 g/mol. The van der Waals surface area contributed by atoms with Gasteiger partial charge < -0.3 is 25.0 Å². The third-order valence-electron chi connectivity index (χ3n) is 7.92. The van der Waals surface area contributed by atoms with Crippen LogP contribution in [0.4, 0.5) is 10.5 Å². The van der Waals surface area contributed by atoms with Crippen LogP contribution < -0.4 is 10.6 Å². The fourth-order valence-corrected chi connectivity index (χ4v) is 5.95. The van der Waals surface area contributed by atoms with Crippen LogP contribution in [0.5, 0.6) is 0 Å². The number of amides is 3. The van der Waals surface area contributed by atoms with Crippen LogP contribution in [-0.2, 0) is 31.2 Å². The van der Waals surface area contributed by atoms with Crippen LogP contribution in [0.15, 0.2) is 115 Å². The minimum Gasteiger partial charge on any atom is -0.458 e. The lowest BCUT2D eigenvalue weighted by Gasteiger charge is -2.42. The van der Waals surface area contributed by atoms with Gasteiger partial charge in [-0.2, -0.15) is 0 Å². The van der Waals surface area contributed by atoms with E-state index in [4.69, 9.17) is 9.47 Å². The first-order chi connectivity index (χ1) is 22.6. The molecule has 1 aliphatic heterocycles. The van der Waals surface area contributed by atoms with Crippen LogP contribution in [0.3, 0.4) is 0 Å². The second-order valence-electron chi connectivity index (χ2n) is 12.4. The molecular weight excluding hydrogens is 594 g/mol. The smallest absolute Gasteiger partial charge is 0.338 e. The number of likely N-dealkylation sites (tertiary alicyclic amines) is 1. The maximum absolute atomic E-state index is 14.2. The molecule has 4 aromatic rings. The van der Waals surface area contributed by atoms with Gasteiger partial charge in [-0.25, -0.2) is 14.4 Å². The Morgan fingerprint density at radius 1 is 0.809 bits per heavy atom. The summed E-state index contributed by atoms with van der Waals surface area (Å²) in [7, 11) is 0. The number of carbonyl (C=O) groups is 4. The maximum Gasteiger partial charge on any atom is 0.338 e. The van der Waals surface area contributed by atoms with Gasteiger partial charge in [0.15, 0.2) is 0 Å². The van der Waals surface area contributed by atoms with Crippen LogP contribution in [-0.4, -0.2) is 47.0 Å². The second kappa shape index (κ2) is 14.3. The van der Waals surface area contributed by atoms with Crippen molar-refractivity contribution in [1.29, 1.82) is 0 Å². The summed E-state index contributed by atoms with van der Waals surface area (Å²) in [6.07, 6.45) is 0.861. The highest BCUT2D eigenvalue weighted by atomic mass is 16.6. The number of rotatable bonds is 9. The predicted molar refractivity (Wildman–Crippen MR) is 178 cm³/mol. The molecule has 1 atom stereocenters. The zero-order valence-corrected chi connectivity index (χ0v) is 26.8. The van der Waals surface area contributed by atoms with Gasteiger partial charge in [-0.15, -0.1) is 0 Å². The summed E-state index contributed by atoms with van der Waals surface area (Å²) in [4.78, 5) is 55.0. The van der Waals surface area contributed by atoms with E-state index in [1.807, 2.05) is 91.0 Å². The summed E-state index contributed by atoms with van der Waals surface area (Å²) in [5, 5.41) is 5.33. The molecule has 0 aliphatic carbocycles. The molecular formula is C38H39N3O6. The minimum atomic E-state index is -0.965. The number of ether oxygens (including phenoxy) is 2. The molecule has 0 unspecified atom stereocenters. The molecule has 0 aromatic heterocycles. The lowest BCUT2D eigenvalue weighted by Crippen LogP contribution is -2.55. The Morgan fingerprint density at radius 3 is 2.00 bits per heavy atom. The van der Waals surface area contributed by atoms with Crippen molar-refractivity contribution < 1.29 is 28.7 Å². The van der Waals surface area contributed by atoms with E-state index in [0.29, 0.717) is 18.5 Å². The molecule has 0 spiro atoms. The number of esters is 2. The van der Waals surface area contributed by atoms with Crippen LogP contribution in [0.2, 0.25) is 0 Å². The van der Waals surface area contributed by atoms with Gasteiger partial charge in [0.2, 0.25) is 5.91 Å². The molecule has 0 bridgehead atoms. The van der Waals surface area contributed by atoms with Gasteiger partial charge in [0.1, 0.15) is 18.2 Å². The zero-order chi connectivity index (χ0) is 33.4. The SMILES string of the molecule is CC(C)(C)OC(=O)[C@@H]1CCC(c2ccccc2)(c2ccccc2)N1C(=O)CNC(=O)Nc1cccc(C(=O)OCc2ccccc2)c1. The molecule has 1 heterocycles. The highest BCUT2D eigenvalue weighted by Crippen LogP contribution is 2.47. The first kappa shape index (κ1) is 32.9. The van der Waals surface area contributed by atoms with Crippen molar-refractivity contribution >= 4 is 29.6 Å². The lowest BCUT2D eigenvalue weighted by atomic mass is 9.80. The molecule has 9 heteroatoms. The third kappa shape index (κ3) is 7.87. The van der Waals surface area contributed by atoms with Crippen molar-refractivity contribution in [3.05, 3.63) is 138 Å². The van der Waals surface area contributed by atoms with Gasteiger partial charge in [-0.05, 0) is 68.5 Å². The summed E-state index contributed by atoms with van der Waals surface area (Å²) < 4.78 is 11.2. The number of hydrogen-bond acceptors (Lipinski definition) is 6. The normalized spacial score (nSPS) is 15.4. The second-order valence-corrected chi connectivity index (χ2v) is 12.4. The van der Waals surface area contributed by atoms with E-state index in [1.165, 1.54) is 6.07 Å². The fourth-order valence-electron chi connectivity index (χ4n) is 5.95. The quantitative estimate of drug-likeness (QED) is 0.205. The summed E-state index contributed by atoms with van der Waals surface area (Å²) in [6.45, 7) is 5.10. The number of carbonyl (C=O) groups excluding carboxylic acids is 4. The summed E-state index contributed by atoms with van der Waals surface area (Å²) >= 11 is 0. The van der Waals surface area contributed by atoms with Crippen LogP contribution in [0, 0.1) is 0 Å². The molecule has 4 aromatic carbocycles. The Labute approximate surface area is 274 Å². The van der Waals surface area contributed by atoms with Gasteiger partial charge in [0.05, 0.1) is 17.6 Å². The third-order valence-corrected chi connectivity index (χ3v) is 7.92. The van der Waals surface area contributed by atoms with E-state index < -0.39 is 41.1 Å². The van der Waals surface area contributed by atoms with E-state index in [0.717, 1.165) is 16.7 Å². The number of nitrogens with zero attached hydrogens (tertiary/aromatic N) is 1. The molecule has 0 radical (unpaired) electrons. The maximum atomic E-state index is 14.2. The summed E-state index contributed by atoms with van der Waals surface area (Å²) in [5.74, 6) is -1.48. The van der Waals surface area contributed by atoms with Crippen molar-refractivity contribution in [2.24, 2.45) is 0 Å². The Balaban J connectivity index is 1.33. The fraction of sp³-hybridized carbons (Fsp3) is 0.263. The minimum absolute atomic E-state index is 0.119. The Morgan fingerprint density at radius 2 is 1.40 bits per heavy atom. The number of anilines is 1. The van der Waals surface area contributed by atoms with Crippen molar-refractivity contribution in [3.8, 4) is 0 Å². The molecule has 3 amide bonds. The number of benzene rings is 4. The highest BCUT2D eigenvalue weighted by Gasteiger charge is 2.54. The van der Waals surface area contributed by atoms with Crippen LogP contribution >= 0.6 is 0 Å². The topological polar surface area (TPSA) is 114 Å². The largest absolute Gasteiger partial charge is 0.458 e. The van der Waals surface area contributed by atoms with Crippen LogP contribution in [0.1, 0.15) is 60.7 Å². The first-order valence-corrected chi connectivity index (χ1v) is 15.6. The molecule has 1 saturated heterocycles. The summed E-state index contributed by atoms with van der Waals surface area (Å²) in [6, 6.07) is 33.4. The van der Waals surface area contributed by atoms with E-state index in [1.54, 1.807) is 43.9 Å². The Bertz CT molecular complexity index is 1660. The molecule has 9 nitrogen and oxygen atoms in total. The van der Waals surface area contributed by atoms with E-state index in [9.17, 15) is 19.2 Å². The van der Waals surface area contributed by atoms with Gasteiger partial charge in [-0.1, -0.05) is 97.1 Å². The Kier molecular flexibility index (Phi) is 10.0. The lowest BCUT2D eigenvalue weighted by molar-refractivity contribution is -0.165. The average molecular weight is 634 g/mol. The van der Waals surface area contributed by atoms with Crippen molar-refractivity contribution in [3.63, 3.8) is 0 Å². The molecule has 2 N–H and O–H groups in total. The molecule has 242 valence electrons. The predicted octanol–water partition coefficient (Wildman–Crippen LogP) is 6.44. The molecule has 5 rings (SSSR count). The number of nitrogens with one attached hydrogen (secondary N) is 2. The van der Waals surface area contributed by atoms with Gasteiger partial charge in [0.25, 0.3) is 0 Å². The van der Waals surface area contributed by atoms with Crippen molar-refractivity contribution in [1.82, 2.24) is 10.2 Å². The van der Waals surface area contributed by atoms with E-state index >= 15 is 0 Å². The molecule has 1 fully saturated rings. The van der Waals surface area contributed by atoms with E-state index in [2.05, 4.69) is 10.6 Å². The standard InChI is InChI=1S/C38H39N3O6/c1-37(2,3)47-35(44)32-22-23-38(29-17-9-5-10-18-29,30-19-11-6-12-20-30)41(32)33(42)25-39-36(45)40-31-21-13-16-28(24-31)34(43)46-26-27-14-7-4-8-15-27/h4-21,24,32H,22-23,25-26H2,1-3H3,(H2,39,40,45)/t32-/m0/s1. The highest BCUT2D eigenvalue weighted by molar-refractivity contribution is 5.96.